The van der Waals surface area contributed by atoms with Crippen molar-refractivity contribution < 1.29 is 19.1 Å². The first kappa shape index (κ1) is 20.2. The summed E-state index contributed by atoms with van der Waals surface area (Å²) in [6, 6.07) is 12.4. The molecule has 3 rings (SSSR count). The molecule has 1 heterocycles. The number of halogens is 1. The standard InChI is InChI=1S/C20H18N2O4.ClH/c1-3-26-20(24)16-11-21-19-15(5-4-6-17(19)25-2)18(16)22-14-9-7-13(12-23)8-10-14;/h4-12H,3H2,1-2H3,(H,21,22);1H. The Bertz CT molecular complexity index is 958. The van der Waals surface area contributed by atoms with E-state index in [-0.39, 0.29) is 19.0 Å². The van der Waals surface area contributed by atoms with Gasteiger partial charge in [-0.15, -0.1) is 12.4 Å². The van der Waals surface area contributed by atoms with Gasteiger partial charge >= 0.3 is 5.97 Å². The summed E-state index contributed by atoms with van der Waals surface area (Å²) in [5, 5.41) is 3.98. The summed E-state index contributed by atoms with van der Waals surface area (Å²) in [5.41, 5.74) is 2.84. The van der Waals surface area contributed by atoms with Crippen LogP contribution in [0.5, 0.6) is 5.75 Å². The van der Waals surface area contributed by atoms with Crippen LogP contribution in [0, 0.1) is 0 Å². The molecule has 0 radical (unpaired) electrons. The highest BCUT2D eigenvalue weighted by molar-refractivity contribution is 6.07. The highest BCUT2D eigenvalue weighted by Gasteiger charge is 2.18. The molecule has 0 saturated heterocycles. The molecule has 0 bridgehead atoms. The molecular weight excluding hydrogens is 368 g/mol. The number of rotatable bonds is 6. The molecule has 3 aromatic rings. The molecule has 27 heavy (non-hydrogen) atoms. The van der Waals surface area contributed by atoms with E-state index in [1.54, 1.807) is 38.3 Å². The first-order valence-corrected chi connectivity index (χ1v) is 8.13. The van der Waals surface area contributed by atoms with E-state index in [0.29, 0.717) is 28.1 Å². The van der Waals surface area contributed by atoms with Crippen molar-refractivity contribution in [3.05, 3.63) is 59.8 Å². The third kappa shape index (κ3) is 4.17. The quantitative estimate of drug-likeness (QED) is 0.499. The van der Waals surface area contributed by atoms with Gasteiger partial charge in [-0.25, -0.2) is 4.79 Å². The van der Waals surface area contributed by atoms with Gasteiger partial charge in [-0.3, -0.25) is 9.78 Å². The maximum atomic E-state index is 12.4. The van der Waals surface area contributed by atoms with E-state index in [1.165, 1.54) is 6.20 Å². The van der Waals surface area contributed by atoms with Crippen LogP contribution in [0.4, 0.5) is 11.4 Å². The lowest BCUT2D eigenvalue weighted by Gasteiger charge is -2.15. The minimum Gasteiger partial charge on any atom is -0.494 e. The van der Waals surface area contributed by atoms with Crippen LogP contribution in [-0.4, -0.2) is 31.0 Å². The summed E-state index contributed by atoms with van der Waals surface area (Å²) >= 11 is 0. The number of carbonyl (C=O) groups excluding carboxylic acids is 2. The van der Waals surface area contributed by atoms with Gasteiger partial charge in [0.15, 0.2) is 0 Å². The number of nitrogens with zero attached hydrogens (tertiary/aromatic N) is 1. The normalized spacial score (nSPS) is 10.0. The highest BCUT2D eigenvalue weighted by atomic mass is 35.5. The fraction of sp³-hybridized carbons (Fsp3) is 0.150. The number of fused-ring (bicyclic) bond motifs is 1. The van der Waals surface area contributed by atoms with Gasteiger partial charge in [-0.2, -0.15) is 0 Å². The first-order valence-electron chi connectivity index (χ1n) is 8.13. The Labute approximate surface area is 162 Å². The van der Waals surface area contributed by atoms with Gasteiger partial charge < -0.3 is 14.8 Å². The van der Waals surface area contributed by atoms with Crippen molar-refractivity contribution in [2.45, 2.75) is 6.92 Å². The van der Waals surface area contributed by atoms with Gasteiger partial charge in [-0.1, -0.05) is 12.1 Å². The molecule has 140 valence electrons. The Balaban J connectivity index is 0.00000261. The van der Waals surface area contributed by atoms with Crippen molar-refractivity contribution in [1.82, 2.24) is 4.98 Å². The van der Waals surface area contributed by atoms with Gasteiger partial charge in [0.1, 0.15) is 23.1 Å². The lowest BCUT2D eigenvalue weighted by atomic mass is 10.1. The van der Waals surface area contributed by atoms with Gasteiger partial charge in [0.2, 0.25) is 0 Å². The van der Waals surface area contributed by atoms with Crippen molar-refractivity contribution in [3.8, 4) is 5.75 Å². The second-order valence-electron chi connectivity index (χ2n) is 5.49. The van der Waals surface area contributed by atoms with Gasteiger partial charge in [-0.05, 0) is 37.3 Å². The predicted molar refractivity (Wildman–Crippen MR) is 107 cm³/mol. The van der Waals surface area contributed by atoms with Crippen LogP contribution < -0.4 is 10.1 Å². The first-order chi connectivity index (χ1) is 12.7. The third-order valence-corrected chi connectivity index (χ3v) is 3.89. The summed E-state index contributed by atoms with van der Waals surface area (Å²) in [4.78, 5) is 27.6. The molecule has 0 unspecified atom stereocenters. The van der Waals surface area contributed by atoms with Crippen LogP contribution in [0.3, 0.4) is 0 Å². The average Bonchev–Trinajstić information content (AvgIpc) is 2.68. The number of anilines is 2. The monoisotopic (exact) mass is 386 g/mol. The van der Waals surface area contributed by atoms with Crippen LogP contribution in [0.1, 0.15) is 27.6 Å². The SMILES string of the molecule is CCOC(=O)c1cnc2c(OC)cccc2c1Nc1ccc(C=O)cc1.Cl. The van der Waals surface area contributed by atoms with Crippen LogP contribution in [0.15, 0.2) is 48.7 Å². The molecular formula is C20H19ClN2O4. The molecule has 0 aliphatic heterocycles. The number of hydrogen-bond acceptors (Lipinski definition) is 6. The molecule has 6 nitrogen and oxygen atoms in total. The number of methoxy groups -OCH3 is 1. The largest absolute Gasteiger partial charge is 0.494 e. The number of aromatic nitrogens is 1. The average molecular weight is 387 g/mol. The topological polar surface area (TPSA) is 77.5 Å². The Kier molecular flexibility index (Phi) is 6.73. The molecule has 1 N–H and O–H groups in total. The van der Waals surface area contributed by atoms with E-state index < -0.39 is 5.97 Å². The molecule has 0 aliphatic carbocycles. The van der Waals surface area contributed by atoms with E-state index in [1.807, 2.05) is 18.2 Å². The molecule has 0 atom stereocenters. The number of esters is 1. The molecule has 1 aromatic heterocycles. The second kappa shape index (κ2) is 9.00. The lowest BCUT2D eigenvalue weighted by Crippen LogP contribution is -2.09. The second-order valence-corrected chi connectivity index (χ2v) is 5.49. The Morgan fingerprint density at radius 2 is 1.93 bits per heavy atom. The summed E-state index contributed by atoms with van der Waals surface area (Å²) in [6.07, 6.45) is 2.26. The van der Waals surface area contributed by atoms with Crippen molar-refractivity contribution in [2.75, 3.05) is 19.0 Å². The summed E-state index contributed by atoms with van der Waals surface area (Å²) in [7, 11) is 1.57. The maximum absolute atomic E-state index is 12.4. The van der Waals surface area contributed by atoms with Gasteiger partial charge in [0.05, 0.1) is 19.4 Å². The zero-order valence-electron chi connectivity index (χ0n) is 14.9. The van der Waals surface area contributed by atoms with Crippen LogP contribution in [0.25, 0.3) is 10.9 Å². The molecule has 0 spiro atoms. The third-order valence-electron chi connectivity index (χ3n) is 3.89. The fourth-order valence-electron chi connectivity index (χ4n) is 2.65. The van der Waals surface area contributed by atoms with Crippen LogP contribution >= 0.6 is 12.4 Å². The van der Waals surface area contributed by atoms with Crippen molar-refractivity contribution in [1.29, 1.82) is 0 Å². The van der Waals surface area contributed by atoms with Crippen molar-refractivity contribution >= 4 is 46.9 Å². The summed E-state index contributed by atoms with van der Waals surface area (Å²) < 4.78 is 10.5. The molecule has 2 aromatic carbocycles. The summed E-state index contributed by atoms with van der Waals surface area (Å²) in [5.74, 6) is 0.147. The minimum atomic E-state index is -0.461. The zero-order chi connectivity index (χ0) is 18.5. The Hall–Kier alpha value is -3.12. The highest BCUT2D eigenvalue weighted by Crippen LogP contribution is 2.33. The molecule has 7 heteroatoms. The van der Waals surface area contributed by atoms with E-state index in [9.17, 15) is 9.59 Å². The van der Waals surface area contributed by atoms with E-state index >= 15 is 0 Å². The van der Waals surface area contributed by atoms with Gasteiger partial charge in [0, 0.05) is 22.8 Å². The smallest absolute Gasteiger partial charge is 0.341 e. The van der Waals surface area contributed by atoms with Crippen molar-refractivity contribution in [2.24, 2.45) is 0 Å². The number of nitrogens with one attached hydrogen (secondary N) is 1. The molecule has 0 amide bonds. The number of hydrogen-bond donors (Lipinski definition) is 1. The number of para-hydroxylation sites is 1. The van der Waals surface area contributed by atoms with Crippen LogP contribution in [-0.2, 0) is 4.74 Å². The number of benzene rings is 2. The fourth-order valence-corrected chi connectivity index (χ4v) is 2.65. The lowest BCUT2D eigenvalue weighted by molar-refractivity contribution is 0.0527. The van der Waals surface area contributed by atoms with E-state index in [4.69, 9.17) is 9.47 Å². The Morgan fingerprint density at radius 1 is 1.19 bits per heavy atom. The van der Waals surface area contributed by atoms with E-state index in [0.717, 1.165) is 17.4 Å². The summed E-state index contributed by atoms with van der Waals surface area (Å²) in [6.45, 7) is 2.02. The number of aldehydes is 1. The predicted octanol–water partition coefficient (Wildman–Crippen LogP) is 4.40. The molecule has 0 aliphatic rings. The number of ether oxygens (including phenoxy) is 2. The minimum absolute atomic E-state index is 0. The zero-order valence-corrected chi connectivity index (χ0v) is 15.7. The van der Waals surface area contributed by atoms with Gasteiger partial charge in [0.25, 0.3) is 0 Å². The maximum Gasteiger partial charge on any atom is 0.341 e. The number of pyridine rings is 1. The van der Waals surface area contributed by atoms with E-state index in [2.05, 4.69) is 10.3 Å². The van der Waals surface area contributed by atoms with Crippen LogP contribution in [0.2, 0.25) is 0 Å². The Morgan fingerprint density at radius 3 is 2.56 bits per heavy atom. The molecule has 0 saturated carbocycles. The molecule has 0 fully saturated rings. The van der Waals surface area contributed by atoms with Crippen molar-refractivity contribution in [3.63, 3.8) is 0 Å². The number of carbonyl (C=O) groups is 2.